The van der Waals surface area contributed by atoms with E-state index < -0.39 is 7.82 Å². The van der Waals surface area contributed by atoms with Crippen LogP contribution in [0.4, 0.5) is 0 Å². The van der Waals surface area contributed by atoms with Crippen LogP contribution in [-0.2, 0) is 9.13 Å². The first-order chi connectivity index (χ1) is 3.00. The summed E-state index contributed by atoms with van der Waals surface area (Å²) in [7, 11) is -2.36. The first-order valence-corrected chi connectivity index (χ1v) is 2.90. The highest BCUT2D eigenvalue weighted by atomic mass is 31.2. The minimum Gasteiger partial charge on any atom is -0.303 e. The average Bonchev–Trinajstić information content (AvgIpc) is 1.36. The molecule has 3 N–H and O–H groups in total. The maximum absolute atomic E-state index is 8.88. The summed E-state index contributed by atoms with van der Waals surface area (Å²) in [4.78, 5) is 21.6. The van der Waals surface area contributed by atoms with Gasteiger partial charge in [0.15, 0.2) is 0 Å². The molecule has 0 aromatic heterocycles. The molecule has 7 heavy (non-hydrogen) atoms. The van der Waals surface area contributed by atoms with Gasteiger partial charge in [-0.25, -0.2) is 4.57 Å². The van der Waals surface area contributed by atoms with Crippen LogP contribution in [0, 0.1) is 0 Å². The maximum atomic E-state index is 8.88. The highest BCUT2D eigenvalue weighted by molar-refractivity contribution is 7.45. The van der Waals surface area contributed by atoms with Crippen LogP contribution in [0.2, 0.25) is 0 Å². The van der Waals surface area contributed by atoms with Crippen molar-refractivity contribution < 1.29 is 23.8 Å². The molecule has 0 amide bonds. The molecule has 0 unspecified atom stereocenters. The maximum Gasteiger partial charge on any atom is 0.466 e. The first kappa shape index (κ1) is 10.2. The Morgan fingerprint density at radius 1 is 1.14 bits per heavy atom. The minimum atomic E-state index is -4.64. The van der Waals surface area contributed by atoms with Crippen molar-refractivity contribution >= 4 is 16.9 Å². The van der Waals surface area contributed by atoms with Crippen LogP contribution in [-0.4, -0.2) is 14.7 Å². The van der Waals surface area contributed by atoms with Crippen molar-refractivity contribution in [2.24, 2.45) is 0 Å². The van der Waals surface area contributed by atoms with E-state index >= 15 is 0 Å². The summed E-state index contributed by atoms with van der Waals surface area (Å²) in [6.07, 6.45) is 0. The molecule has 0 rings (SSSR count). The van der Waals surface area contributed by atoms with Gasteiger partial charge in [0.1, 0.15) is 0 Å². The molecule has 1 radical (unpaired) electrons. The molecule has 0 saturated carbocycles. The fourth-order valence-electron chi connectivity index (χ4n) is 0. The lowest BCUT2D eigenvalue weighted by atomic mass is 15.8. The summed E-state index contributed by atoms with van der Waals surface area (Å²) < 4.78 is 16.8. The van der Waals surface area contributed by atoms with Crippen LogP contribution in [0.1, 0.15) is 0 Å². The van der Waals surface area contributed by atoms with Crippen LogP contribution in [0.3, 0.4) is 0 Å². The van der Waals surface area contributed by atoms with E-state index in [4.69, 9.17) is 23.8 Å². The molecule has 43 valence electrons. The Morgan fingerprint density at radius 2 is 1.14 bits per heavy atom. The van der Waals surface area contributed by atoms with Crippen molar-refractivity contribution in [3.8, 4) is 0 Å². The van der Waals surface area contributed by atoms with E-state index in [9.17, 15) is 0 Å². The number of hydrogen-bond donors (Lipinski definition) is 3. The zero-order valence-electron chi connectivity index (χ0n) is 3.05. The normalized spacial score (nSPS) is 9.00. The molecule has 0 fully saturated rings. The van der Waals surface area contributed by atoms with Gasteiger partial charge in [-0.3, -0.25) is 4.57 Å². The molecule has 0 aliphatic rings. The predicted octanol–water partition coefficient (Wildman–Crippen LogP) is -0.186. The quantitative estimate of drug-likeness (QED) is 0.410. The molecule has 0 spiro atoms. The number of phosphoric acid groups is 1. The summed E-state index contributed by atoms with van der Waals surface area (Å²) in [5, 5.41) is 0. The second-order valence-corrected chi connectivity index (χ2v) is 1.54. The van der Waals surface area contributed by atoms with E-state index in [0.717, 1.165) is 0 Å². The van der Waals surface area contributed by atoms with E-state index in [-0.39, 0.29) is 0 Å². The van der Waals surface area contributed by atoms with Gasteiger partial charge in [0.05, 0.1) is 0 Å². The van der Waals surface area contributed by atoms with Crippen molar-refractivity contribution in [1.29, 1.82) is 0 Å². The Labute approximate surface area is 41.8 Å². The van der Waals surface area contributed by atoms with E-state index in [1.54, 1.807) is 0 Å². The molecule has 7 heteroatoms. The average molecular weight is 145 g/mol. The molecule has 0 heterocycles. The van der Waals surface area contributed by atoms with Gasteiger partial charge in [-0.05, 0) is 0 Å². The third-order valence-electron chi connectivity index (χ3n) is 0. The summed E-state index contributed by atoms with van der Waals surface area (Å²) in [6.45, 7) is 0. The van der Waals surface area contributed by atoms with Gasteiger partial charge in [-0.1, -0.05) is 0 Å². The minimum absolute atomic E-state index is 2.28. The Morgan fingerprint density at radius 3 is 1.14 bits per heavy atom. The Kier molecular flexibility index (Phi) is 6.40. The van der Waals surface area contributed by atoms with Gasteiger partial charge in [-0.2, -0.15) is 0 Å². The monoisotopic (exact) mass is 145 g/mol. The SMILES string of the molecule is O=P(O)(O)O.O=[P]. The van der Waals surface area contributed by atoms with Crippen LogP contribution >= 0.6 is 16.9 Å². The van der Waals surface area contributed by atoms with Gasteiger partial charge < -0.3 is 14.7 Å². The van der Waals surface area contributed by atoms with Crippen LogP contribution < -0.4 is 0 Å². The summed E-state index contributed by atoms with van der Waals surface area (Å²) in [5.74, 6) is 0. The molecule has 0 saturated heterocycles. The van der Waals surface area contributed by atoms with Crippen LogP contribution in [0.25, 0.3) is 0 Å². The van der Waals surface area contributed by atoms with Gasteiger partial charge >= 0.3 is 7.82 Å². The number of hydrogen-bond acceptors (Lipinski definition) is 2. The van der Waals surface area contributed by atoms with E-state index in [2.05, 4.69) is 9.12 Å². The lowest BCUT2D eigenvalue weighted by Crippen LogP contribution is -1.66. The lowest BCUT2D eigenvalue weighted by Gasteiger charge is -1.82. The van der Waals surface area contributed by atoms with E-state index in [0.29, 0.717) is 0 Å². The third kappa shape index (κ3) is 2500. The summed E-state index contributed by atoms with van der Waals surface area (Å²) >= 11 is 0. The Hall–Kier alpha value is 0.210. The third-order valence-corrected chi connectivity index (χ3v) is 0. The predicted molar refractivity (Wildman–Crippen MR) is 21.9 cm³/mol. The van der Waals surface area contributed by atoms with Gasteiger partial charge in [0.2, 0.25) is 0 Å². The van der Waals surface area contributed by atoms with Gasteiger partial charge in [0, 0.05) is 0 Å². The molecule has 0 atom stereocenters. The molecule has 0 aliphatic carbocycles. The first-order valence-electron chi connectivity index (χ1n) is 0.965. The molecule has 5 nitrogen and oxygen atoms in total. The summed E-state index contributed by atoms with van der Waals surface area (Å²) in [6, 6.07) is 0. The summed E-state index contributed by atoms with van der Waals surface area (Å²) in [5.41, 5.74) is 0. The fraction of sp³-hybridized carbons (Fsp3) is 0. The van der Waals surface area contributed by atoms with Crippen molar-refractivity contribution in [2.75, 3.05) is 0 Å². The Bertz CT molecular complexity index is 61.9. The fourth-order valence-corrected chi connectivity index (χ4v) is 0. The lowest BCUT2D eigenvalue weighted by molar-refractivity contribution is 0.275. The molecule has 0 aliphatic heterocycles. The van der Waals surface area contributed by atoms with E-state index in [1.807, 2.05) is 0 Å². The standard InChI is InChI=1S/H3O4P.OP/c1-5(2,3)4;1-2/h(H3,1,2,3,4);. The van der Waals surface area contributed by atoms with Gasteiger partial charge in [0.25, 0.3) is 9.12 Å². The number of rotatable bonds is 0. The zero-order chi connectivity index (χ0) is 6.50. The smallest absolute Gasteiger partial charge is 0.303 e. The second-order valence-electron chi connectivity index (χ2n) is 0.513. The molecule has 0 aromatic rings. The van der Waals surface area contributed by atoms with Crippen molar-refractivity contribution in [1.82, 2.24) is 0 Å². The van der Waals surface area contributed by atoms with Crippen molar-refractivity contribution in [3.05, 3.63) is 0 Å². The van der Waals surface area contributed by atoms with Crippen molar-refractivity contribution in [2.45, 2.75) is 0 Å². The van der Waals surface area contributed by atoms with Crippen molar-refractivity contribution in [3.63, 3.8) is 0 Å². The molecular formula is H3O5P2. The van der Waals surface area contributed by atoms with Crippen LogP contribution in [0.15, 0.2) is 0 Å². The topological polar surface area (TPSA) is 94.8 Å². The molecular weight excluding hydrogens is 142 g/mol. The van der Waals surface area contributed by atoms with Crippen LogP contribution in [0.5, 0.6) is 0 Å². The molecule has 0 bridgehead atoms. The zero-order valence-corrected chi connectivity index (χ0v) is 4.84. The highest BCUT2D eigenvalue weighted by Crippen LogP contribution is 2.25. The Balaban J connectivity index is 0. The van der Waals surface area contributed by atoms with E-state index in [1.165, 1.54) is 0 Å². The second kappa shape index (κ2) is 4.37. The van der Waals surface area contributed by atoms with Gasteiger partial charge in [-0.15, -0.1) is 0 Å². The molecule has 0 aromatic carbocycles. The highest BCUT2D eigenvalue weighted by Gasteiger charge is 2.00. The largest absolute Gasteiger partial charge is 0.466 e.